The average Bonchev–Trinajstić information content (AvgIpc) is 3.63. The van der Waals surface area contributed by atoms with Crippen molar-refractivity contribution in [1.82, 2.24) is 28.7 Å². The first-order valence-corrected chi connectivity index (χ1v) is 16.4. The second-order valence-electron chi connectivity index (χ2n) is 10.4. The van der Waals surface area contributed by atoms with Crippen molar-refractivity contribution >= 4 is 32.4 Å². The maximum absolute atomic E-state index is 13.5. The molecule has 1 aliphatic heterocycles. The number of benzene rings is 3. The van der Waals surface area contributed by atoms with Crippen LogP contribution in [0.15, 0.2) is 106 Å². The van der Waals surface area contributed by atoms with Gasteiger partial charge in [-0.2, -0.15) is 24.0 Å². The molecule has 1 aliphatic rings. The summed E-state index contributed by atoms with van der Waals surface area (Å²) in [6.45, 7) is 1.34. The number of ether oxygens (including phenoxy) is 1. The van der Waals surface area contributed by atoms with Crippen LogP contribution in [-0.2, 0) is 21.2 Å². The maximum atomic E-state index is 13.5. The van der Waals surface area contributed by atoms with E-state index in [-0.39, 0.29) is 22.0 Å². The molecule has 7 rings (SSSR count). The van der Waals surface area contributed by atoms with Gasteiger partial charge in [-0.3, -0.25) is 9.59 Å². The van der Waals surface area contributed by atoms with Gasteiger partial charge in [-0.05, 0) is 35.9 Å². The minimum Gasteiger partial charge on any atom is -0.379 e. The quantitative estimate of drug-likeness (QED) is 0.261. The van der Waals surface area contributed by atoms with Crippen molar-refractivity contribution < 1.29 is 13.2 Å². The van der Waals surface area contributed by atoms with Crippen molar-refractivity contribution in [3.05, 3.63) is 133 Å². The molecule has 45 heavy (non-hydrogen) atoms. The molecule has 11 nitrogen and oxygen atoms in total. The highest BCUT2D eigenvalue weighted by atomic mass is 32.2. The number of aromatic nitrogens is 5. The Labute approximate surface area is 261 Å². The van der Waals surface area contributed by atoms with Crippen LogP contribution >= 0.6 is 11.3 Å². The zero-order valence-corrected chi connectivity index (χ0v) is 25.4. The highest BCUT2D eigenvalue weighted by Crippen LogP contribution is 2.27. The molecule has 13 heteroatoms. The van der Waals surface area contributed by atoms with E-state index in [0.717, 1.165) is 22.6 Å². The van der Waals surface area contributed by atoms with E-state index in [1.807, 2.05) is 60.7 Å². The van der Waals surface area contributed by atoms with Gasteiger partial charge < -0.3 is 4.74 Å². The Balaban J connectivity index is 1.31. The zero-order valence-electron chi connectivity index (χ0n) is 23.8. The summed E-state index contributed by atoms with van der Waals surface area (Å²) in [5, 5.41) is 9.18. The molecule has 1 fully saturated rings. The third kappa shape index (κ3) is 5.73. The summed E-state index contributed by atoms with van der Waals surface area (Å²) >= 11 is 1.07. The summed E-state index contributed by atoms with van der Waals surface area (Å²) in [7, 11) is -3.67. The summed E-state index contributed by atoms with van der Waals surface area (Å²) in [5.74, 6) is 0. The Bertz CT molecular complexity index is 2280. The van der Waals surface area contributed by atoms with Crippen molar-refractivity contribution in [3.8, 4) is 16.9 Å². The first kappa shape index (κ1) is 28.9. The molecule has 0 bridgehead atoms. The first-order valence-electron chi connectivity index (χ1n) is 14.2. The van der Waals surface area contributed by atoms with Gasteiger partial charge in [0.25, 0.3) is 11.1 Å². The number of hydrogen-bond acceptors (Lipinski definition) is 9. The Morgan fingerprint density at radius 1 is 0.867 bits per heavy atom. The summed E-state index contributed by atoms with van der Waals surface area (Å²) in [4.78, 5) is 30.8. The smallest absolute Gasteiger partial charge is 0.296 e. The molecule has 3 aromatic heterocycles. The Kier molecular flexibility index (Phi) is 7.67. The van der Waals surface area contributed by atoms with Gasteiger partial charge in [0.15, 0.2) is 0 Å². The fourth-order valence-electron chi connectivity index (χ4n) is 5.13. The molecule has 6 aromatic rings. The topological polar surface area (TPSA) is 129 Å². The molecule has 0 radical (unpaired) electrons. The van der Waals surface area contributed by atoms with Crippen LogP contribution in [0.1, 0.15) is 16.8 Å². The van der Waals surface area contributed by atoms with Gasteiger partial charge in [-0.15, -0.1) is 0 Å². The number of nitrogens with zero attached hydrogens (tertiary/aromatic N) is 6. The van der Waals surface area contributed by atoms with Gasteiger partial charge in [-0.1, -0.05) is 72.0 Å². The Morgan fingerprint density at radius 3 is 2.27 bits per heavy atom. The van der Waals surface area contributed by atoms with Crippen LogP contribution in [0.2, 0.25) is 0 Å². The minimum atomic E-state index is -3.67. The van der Waals surface area contributed by atoms with Crippen LogP contribution in [0, 0.1) is 0 Å². The maximum Gasteiger partial charge on any atom is 0.296 e. The van der Waals surface area contributed by atoms with Crippen molar-refractivity contribution in [2.45, 2.75) is 11.3 Å². The largest absolute Gasteiger partial charge is 0.379 e. The van der Waals surface area contributed by atoms with Crippen LogP contribution in [0.4, 0.5) is 0 Å². The number of fused-ring (bicyclic) bond motifs is 1. The third-order valence-electron chi connectivity index (χ3n) is 7.45. The molecule has 4 heterocycles. The number of thiazole rings is 1. The van der Waals surface area contributed by atoms with E-state index in [4.69, 9.17) is 9.84 Å². The second-order valence-corrected chi connectivity index (χ2v) is 13.3. The van der Waals surface area contributed by atoms with Crippen LogP contribution in [0.5, 0.6) is 0 Å². The van der Waals surface area contributed by atoms with E-state index in [1.54, 1.807) is 41.2 Å². The molecule has 0 aliphatic carbocycles. The lowest BCUT2D eigenvalue weighted by Gasteiger charge is -2.26. The molecule has 0 N–H and O–H groups in total. The van der Waals surface area contributed by atoms with Crippen molar-refractivity contribution in [2.75, 3.05) is 26.3 Å². The van der Waals surface area contributed by atoms with E-state index in [1.165, 1.54) is 8.82 Å². The SMILES string of the molecule is O=c1nc2sc(=Cc3cn(-c4ccccc4)nc3-c3ccc(S(=O)(=O)N4CCOCC4)cc3)c(=O)n2nc1Cc1ccccc1. The van der Waals surface area contributed by atoms with E-state index < -0.39 is 21.1 Å². The number of rotatable bonds is 7. The number of morpholine rings is 1. The van der Waals surface area contributed by atoms with Crippen LogP contribution < -0.4 is 15.7 Å². The second kappa shape index (κ2) is 11.9. The lowest BCUT2D eigenvalue weighted by atomic mass is 10.1. The normalized spacial score (nSPS) is 14.7. The molecule has 1 saturated heterocycles. The van der Waals surface area contributed by atoms with Crippen molar-refractivity contribution in [3.63, 3.8) is 0 Å². The first-order chi connectivity index (χ1) is 21.9. The molecule has 0 unspecified atom stereocenters. The van der Waals surface area contributed by atoms with Crippen LogP contribution in [-0.4, -0.2) is 63.4 Å². The fourth-order valence-corrected chi connectivity index (χ4v) is 7.44. The molecule has 3 aromatic carbocycles. The van der Waals surface area contributed by atoms with Crippen LogP contribution in [0.25, 0.3) is 28.0 Å². The Morgan fingerprint density at radius 2 is 1.56 bits per heavy atom. The summed E-state index contributed by atoms with van der Waals surface area (Å²) in [6, 6.07) is 25.5. The molecule has 0 atom stereocenters. The van der Waals surface area contributed by atoms with E-state index in [0.29, 0.717) is 47.7 Å². The number of sulfonamides is 1. The number of hydrogen-bond donors (Lipinski definition) is 0. The average molecular weight is 639 g/mol. The van der Waals surface area contributed by atoms with Crippen LogP contribution in [0.3, 0.4) is 0 Å². The lowest BCUT2D eigenvalue weighted by molar-refractivity contribution is 0.0730. The molecular formula is C32H26N6O5S2. The Hall–Kier alpha value is -4.82. The molecule has 0 saturated carbocycles. The van der Waals surface area contributed by atoms with E-state index in [2.05, 4.69) is 10.1 Å². The van der Waals surface area contributed by atoms with E-state index in [9.17, 15) is 18.0 Å². The van der Waals surface area contributed by atoms with Gasteiger partial charge >= 0.3 is 0 Å². The van der Waals surface area contributed by atoms with Gasteiger partial charge in [0.05, 0.1) is 34.0 Å². The fraction of sp³-hybridized carbons (Fsp3) is 0.156. The highest BCUT2D eigenvalue weighted by Gasteiger charge is 2.26. The van der Waals surface area contributed by atoms with Crippen molar-refractivity contribution in [2.24, 2.45) is 0 Å². The van der Waals surface area contributed by atoms with Crippen molar-refractivity contribution in [1.29, 1.82) is 0 Å². The summed E-state index contributed by atoms with van der Waals surface area (Å²) < 4.78 is 36.3. The van der Waals surface area contributed by atoms with Gasteiger partial charge in [0.2, 0.25) is 15.0 Å². The zero-order chi connectivity index (χ0) is 31.0. The standard InChI is InChI=1S/C32H26N6O5S2/c39-30-27(19-22-7-3-1-4-8-22)34-38-31(40)28(44-32(38)33-30)20-24-21-37(25-9-5-2-6-10-25)35-29(24)23-11-13-26(14-12-23)45(41,42)36-15-17-43-18-16-36/h1-14,20-21H,15-19H2. The molecule has 226 valence electrons. The third-order valence-corrected chi connectivity index (χ3v) is 10.3. The van der Waals surface area contributed by atoms with Gasteiger partial charge in [-0.25, -0.2) is 13.1 Å². The monoisotopic (exact) mass is 638 g/mol. The molecule has 0 amide bonds. The predicted molar refractivity (Wildman–Crippen MR) is 170 cm³/mol. The summed E-state index contributed by atoms with van der Waals surface area (Å²) in [5.41, 5.74) is 2.84. The van der Waals surface area contributed by atoms with E-state index >= 15 is 0 Å². The minimum absolute atomic E-state index is 0.181. The van der Waals surface area contributed by atoms with Gasteiger partial charge in [0, 0.05) is 36.8 Å². The van der Waals surface area contributed by atoms with Gasteiger partial charge in [0.1, 0.15) is 5.69 Å². The predicted octanol–water partition coefficient (Wildman–Crippen LogP) is 2.52. The number of para-hydroxylation sites is 1. The highest BCUT2D eigenvalue weighted by molar-refractivity contribution is 7.89. The molecule has 0 spiro atoms. The lowest BCUT2D eigenvalue weighted by Crippen LogP contribution is -2.40. The summed E-state index contributed by atoms with van der Waals surface area (Å²) in [6.07, 6.45) is 3.76. The molecular weight excluding hydrogens is 613 g/mol.